The molecule has 1 saturated heterocycles. The molecule has 2 aromatic rings. The van der Waals surface area contributed by atoms with Crippen LogP contribution >= 0.6 is 11.6 Å². The zero-order valence-corrected chi connectivity index (χ0v) is 15.7. The van der Waals surface area contributed by atoms with E-state index < -0.39 is 15.9 Å². The lowest BCUT2D eigenvalue weighted by atomic mass is 9.99. The molecule has 1 amide bonds. The molecule has 1 N–H and O–H groups in total. The molecule has 0 saturated carbocycles. The van der Waals surface area contributed by atoms with E-state index in [1.54, 1.807) is 13.0 Å². The van der Waals surface area contributed by atoms with Crippen molar-refractivity contribution in [3.05, 3.63) is 52.6 Å². The number of nitrogens with zero attached hydrogens (tertiary/aromatic N) is 2. The van der Waals surface area contributed by atoms with Crippen molar-refractivity contribution < 1.29 is 17.9 Å². The Balaban J connectivity index is 1.80. The zero-order valence-electron chi connectivity index (χ0n) is 14.1. The van der Waals surface area contributed by atoms with Crippen LogP contribution in [0.3, 0.4) is 0 Å². The molecule has 3 rings (SSSR count). The Labute approximate surface area is 156 Å². The standard InChI is InChI=1S/C17H18ClN3O4S/c1-11-13(10-19-16(20-11)12-6-8-25-9-7-12)17(22)21-26(23,24)15-5-3-2-4-14(15)18/h2-5,10,12H,6-9H2,1H3,(H,21,22). The van der Waals surface area contributed by atoms with E-state index in [4.69, 9.17) is 16.3 Å². The van der Waals surface area contributed by atoms with Gasteiger partial charge in [-0.2, -0.15) is 0 Å². The van der Waals surface area contributed by atoms with E-state index in [1.165, 1.54) is 24.4 Å². The minimum Gasteiger partial charge on any atom is -0.381 e. The molecule has 0 atom stereocenters. The summed E-state index contributed by atoms with van der Waals surface area (Å²) in [5.41, 5.74) is 0.532. The Morgan fingerprint density at radius 2 is 1.96 bits per heavy atom. The highest BCUT2D eigenvalue weighted by molar-refractivity contribution is 7.90. The Bertz CT molecular complexity index is 927. The number of hydrogen-bond donors (Lipinski definition) is 1. The van der Waals surface area contributed by atoms with Crippen LogP contribution in [-0.2, 0) is 14.8 Å². The number of aromatic nitrogens is 2. The third-order valence-corrected chi connectivity index (χ3v) is 6.01. The van der Waals surface area contributed by atoms with E-state index in [-0.39, 0.29) is 21.4 Å². The zero-order chi connectivity index (χ0) is 18.7. The number of sulfonamides is 1. The molecule has 0 bridgehead atoms. The first kappa shape index (κ1) is 18.8. The minimum atomic E-state index is -4.09. The van der Waals surface area contributed by atoms with Crippen LogP contribution in [0.1, 0.15) is 40.6 Å². The smallest absolute Gasteiger partial charge is 0.268 e. The van der Waals surface area contributed by atoms with Crippen molar-refractivity contribution in [1.29, 1.82) is 0 Å². The summed E-state index contributed by atoms with van der Waals surface area (Å²) in [5, 5.41) is 0.0376. The average Bonchev–Trinajstić information content (AvgIpc) is 2.62. The third-order valence-electron chi connectivity index (χ3n) is 4.18. The summed E-state index contributed by atoms with van der Waals surface area (Å²) in [5.74, 6) is 0.0451. The lowest BCUT2D eigenvalue weighted by Crippen LogP contribution is -2.31. The van der Waals surface area contributed by atoms with Gasteiger partial charge in [-0.15, -0.1) is 0 Å². The monoisotopic (exact) mass is 395 g/mol. The van der Waals surface area contributed by atoms with Gasteiger partial charge in [0.05, 0.1) is 16.3 Å². The molecule has 138 valence electrons. The van der Waals surface area contributed by atoms with Crippen LogP contribution in [0.25, 0.3) is 0 Å². The number of nitrogens with one attached hydrogen (secondary N) is 1. The molecule has 0 spiro atoms. The van der Waals surface area contributed by atoms with Gasteiger partial charge in [0.25, 0.3) is 15.9 Å². The Kier molecular flexibility index (Phi) is 5.55. The molecule has 7 nitrogen and oxygen atoms in total. The largest absolute Gasteiger partial charge is 0.381 e. The normalized spacial score (nSPS) is 15.6. The summed E-state index contributed by atoms with van der Waals surface area (Å²) in [7, 11) is -4.09. The fourth-order valence-corrected chi connectivity index (χ4v) is 4.24. The van der Waals surface area contributed by atoms with Gasteiger partial charge in [-0.1, -0.05) is 23.7 Å². The molecule has 2 heterocycles. The second kappa shape index (κ2) is 7.69. The summed E-state index contributed by atoms with van der Waals surface area (Å²) < 4.78 is 32.1. The quantitative estimate of drug-likeness (QED) is 0.853. The van der Waals surface area contributed by atoms with Gasteiger partial charge in [0.1, 0.15) is 10.7 Å². The molecule has 0 aliphatic carbocycles. The summed E-state index contributed by atoms with van der Waals surface area (Å²) in [6.45, 7) is 2.97. The highest BCUT2D eigenvalue weighted by Crippen LogP contribution is 2.25. The SMILES string of the molecule is Cc1nc(C2CCOCC2)ncc1C(=O)NS(=O)(=O)c1ccccc1Cl. The highest BCUT2D eigenvalue weighted by atomic mass is 35.5. The number of rotatable bonds is 4. The second-order valence-electron chi connectivity index (χ2n) is 5.98. The van der Waals surface area contributed by atoms with Crippen molar-refractivity contribution in [3.8, 4) is 0 Å². The van der Waals surface area contributed by atoms with Crippen LogP contribution in [0.15, 0.2) is 35.4 Å². The first-order chi connectivity index (χ1) is 12.4. The number of carbonyl (C=O) groups is 1. The van der Waals surface area contributed by atoms with Gasteiger partial charge in [0, 0.05) is 25.3 Å². The van der Waals surface area contributed by atoms with Crippen molar-refractivity contribution in [2.75, 3.05) is 13.2 Å². The van der Waals surface area contributed by atoms with Gasteiger partial charge < -0.3 is 4.74 Å². The fraction of sp³-hybridized carbons (Fsp3) is 0.353. The molecule has 1 aliphatic rings. The van der Waals surface area contributed by atoms with Gasteiger partial charge >= 0.3 is 0 Å². The van der Waals surface area contributed by atoms with Gasteiger partial charge in [0.15, 0.2) is 0 Å². The van der Waals surface area contributed by atoms with Crippen molar-refractivity contribution in [3.63, 3.8) is 0 Å². The summed E-state index contributed by atoms with van der Waals surface area (Å²) in [6, 6.07) is 5.91. The first-order valence-electron chi connectivity index (χ1n) is 8.11. The predicted molar refractivity (Wildman–Crippen MR) is 95.7 cm³/mol. The molecule has 1 aliphatic heterocycles. The van der Waals surface area contributed by atoms with E-state index in [1.807, 2.05) is 4.72 Å². The van der Waals surface area contributed by atoms with Crippen molar-refractivity contribution in [1.82, 2.24) is 14.7 Å². The molecular weight excluding hydrogens is 378 g/mol. The molecule has 26 heavy (non-hydrogen) atoms. The van der Waals surface area contributed by atoms with Crippen molar-refractivity contribution >= 4 is 27.5 Å². The highest BCUT2D eigenvalue weighted by Gasteiger charge is 2.24. The van der Waals surface area contributed by atoms with Crippen molar-refractivity contribution in [2.24, 2.45) is 0 Å². The maximum Gasteiger partial charge on any atom is 0.268 e. The number of halogens is 1. The van der Waals surface area contributed by atoms with E-state index in [0.717, 1.165) is 12.8 Å². The molecular formula is C17H18ClN3O4S. The molecule has 0 unspecified atom stereocenters. The number of hydrogen-bond acceptors (Lipinski definition) is 6. The maximum absolute atomic E-state index is 12.4. The van der Waals surface area contributed by atoms with Gasteiger partial charge in [-0.05, 0) is 31.9 Å². The van der Waals surface area contributed by atoms with E-state index in [2.05, 4.69) is 9.97 Å². The van der Waals surface area contributed by atoms with Gasteiger partial charge in [0.2, 0.25) is 0 Å². The number of ether oxygens (including phenoxy) is 1. The number of benzene rings is 1. The predicted octanol–water partition coefficient (Wildman–Crippen LogP) is 2.45. The van der Waals surface area contributed by atoms with Crippen LogP contribution in [-0.4, -0.2) is 37.5 Å². The maximum atomic E-state index is 12.4. The Hall–Kier alpha value is -2.03. The number of carbonyl (C=O) groups excluding carboxylic acids is 1. The Morgan fingerprint density at radius 3 is 2.62 bits per heavy atom. The molecule has 1 aromatic heterocycles. The second-order valence-corrected chi connectivity index (χ2v) is 8.04. The minimum absolute atomic E-state index is 0.0376. The van der Waals surface area contributed by atoms with Crippen molar-refractivity contribution in [2.45, 2.75) is 30.6 Å². The van der Waals surface area contributed by atoms with Crippen LogP contribution in [0.4, 0.5) is 0 Å². The van der Waals surface area contributed by atoms with Crippen LogP contribution < -0.4 is 4.72 Å². The topological polar surface area (TPSA) is 98.2 Å². The van der Waals surface area contributed by atoms with Gasteiger partial charge in [-0.3, -0.25) is 4.79 Å². The lowest BCUT2D eigenvalue weighted by molar-refractivity contribution is 0.0834. The summed E-state index contributed by atoms with van der Waals surface area (Å²) in [6.07, 6.45) is 3.02. The molecule has 1 aromatic carbocycles. The van der Waals surface area contributed by atoms with Crippen LogP contribution in [0, 0.1) is 6.92 Å². The Morgan fingerprint density at radius 1 is 1.27 bits per heavy atom. The summed E-state index contributed by atoms with van der Waals surface area (Å²) in [4.78, 5) is 20.9. The third kappa shape index (κ3) is 4.03. The van der Waals surface area contributed by atoms with E-state index >= 15 is 0 Å². The molecule has 1 fully saturated rings. The lowest BCUT2D eigenvalue weighted by Gasteiger charge is -2.21. The first-order valence-corrected chi connectivity index (χ1v) is 9.97. The van der Waals surface area contributed by atoms with Crippen LogP contribution in [0.5, 0.6) is 0 Å². The fourth-order valence-electron chi connectivity index (χ4n) is 2.76. The number of amides is 1. The molecule has 9 heteroatoms. The average molecular weight is 396 g/mol. The summed E-state index contributed by atoms with van der Waals surface area (Å²) >= 11 is 5.91. The van der Waals surface area contributed by atoms with E-state index in [0.29, 0.717) is 24.7 Å². The van der Waals surface area contributed by atoms with Crippen LogP contribution in [0.2, 0.25) is 5.02 Å². The van der Waals surface area contributed by atoms with Gasteiger partial charge in [-0.25, -0.2) is 23.1 Å². The van der Waals surface area contributed by atoms with E-state index in [9.17, 15) is 13.2 Å². The number of aryl methyl sites for hydroxylation is 1. The molecule has 0 radical (unpaired) electrons.